The zero-order valence-electron chi connectivity index (χ0n) is 13.3. The maximum atomic E-state index is 12.3. The lowest BCUT2D eigenvalue weighted by Gasteiger charge is -2.16. The van der Waals surface area contributed by atoms with Crippen LogP contribution in [0.2, 0.25) is 0 Å². The molecule has 0 aromatic heterocycles. The Morgan fingerprint density at radius 1 is 1.36 bits per heavy atom. The van der Waals surface area contributed by atoms with Crippen molar-refractivity contribution < 1.29 is 23.1 Å². The molecule has 7 heteroatoms. The van der Waals surface area contributed by atoms with Crippen molar-refractivity contribution in [2.75, 3.05) is 0 Å². The van der Waals surface area contributed by atoms with Gasteiger partial charge in [0.2, 0.25) is 10.0 Å². The highest BCUT2D eigenvalue weighted by Crippen LogP contribution is 2.23. The number of rotatable bonds is 8. The van der Waals surface area contributed by atoms with Gasteiger partial charge in [-0.3, -0.25) is 4.79 Å². The number of sulfonamides is 1. The van der Waals surface area contributed by atoms with E-state index in [1.165, 1.54) is 12.1 Å². The van der Waals surface area contributed by atoms with Crippen LogP contribution in [0.5, 0.6) is 5.75 Å². The van der Waals surface area contributed by atoms with E-state index in [4.69, 9.17) is 9.84 Å². The maximum Gasteiger partial charge on any atom is 0.321 e. The number of ether oxygens (including phenoxy) is 1. The Kier molecular flexibility index (Phi) is 6.37. The van der Waals surface area contributed by atoms with Gasteiger partial charge in [0.1, 0.15) is 11.8 Å². The van der Waals surface area contributed by atoms with Crippen LogP contribution in [0.1, 0.15) is 39.2 Å². The normalized spacial score (nSPS) is 13.1. The van der Waals surface area contributed by atoms with Gasteiger partial charge in [0.15, 0.2) is 0 Å². The van der Waals surface area contributed by atoms with E-state index >= 15 is 0 Å². The maximum absolute atomic E-state index is 12.3. The summed E-state index contributed by atoms with van der Waals surface area (Å²) in [7, 11) is -3.88. The first-order valence-electron chi connectivity index (χ1n) is 7.19. The fraction of sp³-hybridized carbons (Fsp3) is 0.533. The lowest BCUT2D eigenvalue weighted by molar-refractivity contribution is -0.139. The van der Waals surface area contributed by atoms with Gasteiger partial charge in [-0.05, 0) is 51.0 Å². The van der Waals surface area contributed by atoms with Crippen molar-refractivity contribution in [2.24, 2.45) is 0 Å². The molecule has 22 heavy (non-hydrogen) atoms. The minimum absolute atomic E-state index is 0.0137. The number of benzene rings is 1. The molecule has 0 saturated heterocycles. The molecule has 0 amide bonds. The summed E-state index contributed by atoms with van der Waals surface area (Å²) in [5.41, 5.74) is 0.680. The molecule has 0 spiro atoms. The summed E-state index contributed by atoms with van der Waals surface area (Å²) in [6.07, 6.45) is 0.794. The Bertz CT molecular complexity index is 625. The minimum Gasteiger partial charge on any atom is -0.491 e. The Morgan fingerprint density at radius 2 is 2.00 bits per heavy atom. The van der Waals surface area contributed by atoms with Crippen molar-refractivity contribution in [1.82, 2.24) is 4.72 Å². The van der Waals surface area contributed by atoms with Crippen LogP contribution in [0.15, 0.2) is 23.1 Å². The number of nitrogens with one attached hydrogen (secondary N) is 1. The molecule has 1 rings (SSSR count). The molecule has 0 radical (unpaired) electrons. The van der Waals surface area contributed by atoms with Crippen molar-refractivity contribution >= 4 is 16.0 Å². The molecule has 1 atom stereocenters. The number of aliphatic carboxylic acids is 1. The fourth-order valence-electron chi connectivity index (χ4n) is 1.95. The molecule has 0 aliphatic carbocycles. The Morgan fingerprint density at radius 3 is 2.45 bits per heavy atom. The van der Waals surface area contributed by atoms with Gasteiger partial charge in [-0.2, -0.15) is 4.72 Å². The summed E-state index contributed by atoms with van der Waals surface area (Å²) in [5.74, 6) is -0.570. The van der Waals surface area contributed by atoms with Crippen molar-refractivity contribution in [3.8, 4) is 5.75 Å². The van der Waals surface area contributed by atoms with Crippen molar-refractivity contribution in [3.63, 3.8) is 0 Å². The average molecular weight is 329 g/mol. The first-order valence-corrected chi connectivity index (χ1v) is 8.68. The molecule has 1 unspecified atom stereocenters. The lowest BCUT2D eigenvalue weighted by atomic mass is 10.2. The average Bonchev–Trinajstić information content (AvgIpc) is 2.39. The van der Waals surface area contributed by atoms with Gasteiger partial charge in [-0.1, -0.05) is 13.3 Å². The third-order valence-electron chi connectivity index (χ3n) is 2.99. The van der Waals surface area contributed by atoms with Crippen molar-refractivity contribution in [3.05, 3.63) is 23.8 Å². The third kappa shape index (κ3) is 4.99. The van der Waals surface area contributed by atoms with Crippen LogP contribution in [-0.4, -0.2) is 31.6 Å². The molecular formula is C15H23NO5S. The van der Waals surface area contributed by atoms with E-state index in [0.717, 1.165) is 0 Å². The lowest BCUT2D eigenvalue weighted by Crippen LogP contribution is -2.40. The number of carbonyl (C=O) groups is 1. The Balaban J connectivity index is 3.02. The summed E-state index contributed by atoms with van der Waals surface area (Å²) in [5, 5.41) is 9.07. The van der Waals surface area contributed by atoms with Crippen LogP contribution < -0.4 is 9.46 Å². The highest BCUT2D eigenvalue weighted by molar-refractivity contribution is 7.89. The van der Waals surface area contributed by atoms with Gasteiger partial charge in [0.05, 0.1) is 11.0 Å². The summed E-state index contributed by atoms with van der Waals surface area (Å²) < 4.78 is 32.4. The monoisotopic (exact) mass is 329 g/mol. The second-order valence-electron chi connectivity index (χ2n) is 5.39. The Labute approximate surface area is 131 Å². The zero-order chi connectivity index (χ0) is 16.9. The van der Waals surface area contributed by atoms with Crippen LogP contribution in [0.25, 0.3) is 0 Å². The van der Waals surface area contributed by atoms with E-state index in [-0.39, 0.29) is 17.4 Å². The topological polar surface area (TPSA) is 92.7 Å². The molecular weight excluding hydrogens is 306 g/mol. The number of carboxylic acid groups (broad SMARTS) is 1. The predicted octanol–water partition coefficient (Wildman–Crippen LogP) is 2.31. The number of carboxylic acids is 1. The standard InChI is InChI=1S/C15H23NO5S/c1-5-6-13(15(17)18)16-22(19,20)12-7-8-14(11(4)9-12)21-10(2)3/h7-10,13,16H,5-6H2,1-4H3,(H,17,18). The largest absolute Gasteiger partial charge is 0.491 e. The van der Waals surface area contributed by atoms with Gasteiger partial charge < -0.3 is 9.84 Å². The minimum atomic E-state index is -3.88. The summed E-state index contributed by atoms with van der Waals surface area (Å²) in [6, 6.07) is 3.35. The van der Waals surface area contributed by atoms with Crippen LogP contribution >= 0.6 is 0 Å². The van der Waals surface area contributed by atoms with Crippen molar-refractivity contribution in [1.29, 1.82) is 0 Å². The van der Waals surface area contributed by atoms with E-state index in [1.54, 1.807) is 19.9 Å². The molecule has 0 saturated carbocycles. The first-order chi connectivity index (χ1) is 10.2. The first kappa shape index (κ1) is 18.4. The molecule has 0 bridgehead atoms. The van der Waals surface area contributed by atoms with Crippen molar-refractivity contribution in [2.45, 2.75) is 57.6 Å². The quantitative estimate of drug-likeness (QED) is 0.763. The van der Waals surface area contributed by atoms with E-state index in [1.807, 2.05) is 13.8 Å². The summed E-state index contributed by atoms with van der Waals surface area (Å²) >= 11 is 0. The summed E-state index contributed by atoms with van der Waals surface area (Å²) in [6.45, 7) is 7.31. The molecule has 1 aromatic carbocycles. The predicted molar refractivity (Wildman–Crippen MR) is 83.6 cm³/mol. The van der Waals surface area contributed by atoms with Crippen LogP contribution in [-0.2, 0) is 14.8 Å². The van der Waals surface area contributed by atoms with Gasteiger partial charge in [0.25, 0.3) is 0 Å². The van der Waals surface area contributed by atoms with Gasteiger partial charge >= 0.3 is 5.97 Å². The Hall–Kier alpha value is -1.60. The molecule has 6 nitrogen and oxygen atoms in total. The molecule has 2 N–H and O–H groups in total. The smallest absolute Gasteiger partial charge is 0.321 e. The number of hydrogen-bond donors (Lipinski definition) is 2. The van der Waals surface area contributed by atoms with Crippen LogP contribution in [0, 0.1) is 6.92 Å². The number of hydrogen-bond acceptors (Lipinski definition) is 4. The van der Waals surface area contributed by atoms with E-state index in [9.17, 15) is 13.2 Å². The van der Waals surface area contributed by atoms with Crippen LogP contribution in [0.3, 0.4) is 0 Å². The van der Waals surface area contributed by atoms with E-state index < -0.39 is 22.0 Å². The third-order valence-corrected chi connectivity index (χ3v) is 4.46. The second kappa shape index (κ2) is 7.60. The van der Waals surface area contributed by atoms with Gasteiger partial charge in [-0.15, -0.1) is 0 Å². The SMILES string of the molecule is CCCC(NS(=O)(=O)c1ccc(OC(C)C)c(C)c1)C(=O)O. The molecule has 0 fully saturated rings. The molecule has 0 heterocycles. The molecule has 124 valence electrons. The van der Waals surface area contributed by atoms with Gasteiger partial charge in [-0.25, -0.2) is 8.42 Å². The molecule has 1 aromatic rings. The molecule has 0 aliphatic heterocycles. The zero-order valence-corrected chi connectivity index (χ0v) is 14.1. The summed E-state index contributed by atoms with van der Waals surface area (Å²) in [4.78, 5) is 11.1. The van der Waals surface area contributed by atoms with Gasteiger partial charge in [0, 0.05) is 0 Å². The second-order valence-corrected chi connectivity index (χ2v) is 7.11. The van der Waals surface area contributed by atoms with Crippen LogP contribution in [0.4, 0.5) is 0 Å². The highest BCUT2D eigenvalue weighted by atomic mass is 32.2. The van der Waals surface area contributed by atoms with E-state index in [0.29, 0.717) is 17.7 Å². The number of aryl methyl sites for hydroxylation is 1. The highest BCUT2D eigenvalue weighted by Gasteiger charge is 2.25. The van der Waals surface area contributed by atoms with E-state index in [2.05, 4.69) is 4.72 Å². The molecule has 0 aliphatic rings. The fourth-order valence-corrected chi connectivity index (χ4v) is 3.26.